The lowest BCUT2D eigenvalue weighted by Gasteiger charge is -2.14. The molecule has 0 aliphatic heterocycles. The van der Waals surface area contributed by atoms with Crippen LogP contribution in [0.2, 0.25) is 0 Å². The first-order valence-electron chi connectivity index (χ1n) is 5.55. The van der Waals surface area contributed by atoms with Crippen LogP contribution in [0.1, 0.15) is 37.7 Å². The van der Waals surface area contributed by atoms with Gasteiger partial charge in [-0.2, -0.15) is 0 Å². The second-order valence-electron chi connectivity index (χ2n) is 3.72. The zero-order valence-corrected chi connectivity index (χ0v) is 9.49. The Balaban J connectivity index is 2.85. The normalized spacial score (nSPS) is 12.1. The monoisotopic (exact) mass is 205 g/mol. The van der Waals surface area contributed by atoms with Crippen LogP contribution in [0.25, 0.3) is 0 Å². The second kappa shape index (κ2) is 6.23. The number of benzene rings is 1. The lowest BCUT2D eigenvalue weighted by molar-refractivity contribution is -0.109. The SMILES string of the molecule is CCCCC(C=O)c1ccccc1NC. The molecule has 0 saturated carbocycles. The molecule has 1 atom stereocenters. The standard InChI is InChI=1S/C13H19NO/c1-3-4-7-11(10-15)12-8-5-6-9-13(12)14-2/h5-6,8-11,14H,3-4,7H2,1-2H3. The predicted molar refractivity (Wildman–Crippen MR) is 64.3 cm³/mol. The Morgan fingerprint density at radius 3 is 2.73 bits per heavy atom. The number of hydrogen-bond donors (Lipinski definition) is 1. The zero-order valence-electron chi connectivity index (χ0n) is 9.49. The van der Waals surface area contributed by atoms with E-state index in [1.165, 1.54) is 0 Å². The first-order valence-corrected chi connectivity index (χ1v) is 5.55. The van der Waals surface area contributed by atoms with Crippen LogP contribution in [0.5, 0.6) is 0 Å². The Kier molecular flexibility index (Phi) is 4.88. The molecule has 0 heterocycles. The van der Waals surface area contributed by atoms with E-state index in [0.717, 1.165) is 36.8 Å². The van der Waals surface area contributed by atoms with E-state index < -0.39 is 0 Å². The average Bonchev–Trinajstić information content (AvgIpc) is 2.30. The zero-order chi connectivity index (χ0) is 11.1. The maximum absolute atomic E-state index is 11.1. The molecule has 1 aromatic carbocycles. The van der Waals surface area contributed by atoms with Crippen LogP contribution in [0.15, 0.2) is 24.3 Å². The molecule has 1 rings (SSSR count). The molecule has 1 unspecified atom stereocenters. The summed E-state index contributed by atoms with van der Waals surface area (Å²) in [5, 5.41) is 3.13. The molecule has 15 heavy (non-hydrogen) atoms. The maximum Gasteiger partial charge on any atom is 0.127 e. The van der Waals surface area contributed by atoms with Gasteiger partial charge in [0, 0.05) is 18.7 Å². The maximum atomic E-state index is 11.1. The van der Waals surface area contributed by atoms with Gasteiger partial charge in [0.1, 0.15) is 6.29 Å². The summed E-state index contributed by atoms with van der Waals surface area (Å²) < 4.78 is 0. The number of carbonyl (C=O) groups is 1. The summed E-state index contributed by atoms with van der Waals surface area (Å²) in [7, 11) is 1.89. The van der Waals surface area contributed by atoms with Gasteiger partial charge in [0.15, 0.2) is 0 Å². The highest BCUT2D eigenvalue weighted by Gasteiger charge is 2.12. The van der Waals surface area contributed by atoms with Crippen LogP contribution < -0.4 is 5.32 Å². The minimum Gasteiger partial charge on any atom is -0.388 e. The molecule has 2 nitrogen and oxygen atoms in total. The molecule has 0 saturated heterocycles. The third-order valence-electron chi connectivity index (χ3n) is 2.66. The van der Waals surface area contributed by atoms with Gasteiger partial charge in [-0.3, -0.25) is 0 Å². The summed E-state index contributed by atoms with van der Waals surface area (Å²) in [6.07, 6.45) is 4.23. The van der Waals surface area contributed by atoms with E-state index in [1.807, 2.05) is 31.3 Å². The fourth-order valence-electron chi connectivity index (χ4n) is 1.77. The summed E-state index contributed by atoms with van der Waals surface area (Å²) in [6.45, 7) is 2.14. The van der Waals surface area contributed by atoms with Crippen molar-refractivity contribution in [2.24, 2.45) is 0 Å². The van der Waals surface area contributed by atoms with Crippen LogP contribution in [0.4, 0.5) is 5.69 Å². The quantitative estimate of drug-likeness (QED) is 0.722. The molecular weight excluding hydrogens is 186 g/mol. The number of nitrogens with one attached hydrogen (secondary N) is 1. The molecule has 1 N–H and O–H groups in total. The van der Waals surface area contributed by atoms with Gasteiger partial charge >= 0.3 is 0 Å². The summed E-state index contributed by atoms with van der Waals surface area (Å²) in [5.41, 5.74) is 2.18. The molecule has 0 aliphatic carbocycles. The third kappa shape index (κ3) is 3.08. The first kappa shape index (κ1) is 11.8. The van der Waals surface area contributed by atoms with E-state index in [4.69, 9.17) is 0 Å². The summed E-state index contributed by atoms with van der Waals surface area (Å²) in [4.78, 5) is 11.1. The Labute approximate surface area is 91.7 Å². The van der Waals surface area contributed by atoms with Gasteiger partial charge in [-0.25, -0.2) is 0 Å². The van der Waals surface area contributed by atoms with Crippen molar-refractivity contribution in [1.29, 1.82) is 0 Å². The van der Waals surface area contributed by atoms with Crippen LogP contribution in [0.3, 0.4) is 0 Å². The van der Waals surface area contributed by atoms with Gasteiger partial charge in [-0.1, -0.05) is 38.0 Å². The molecule has 1 aromatic rings. The largest absolute Gasteiger partial charge is 0.388 e. The van der Waals surface area contributed by atoms with Gasteiger partial charge in [0.2, 0.25) is 0 Å². The number of anilines is 1. The molecule has 0 radical (unpaired) electrons. The first-order chi connectivity index (χ1) is 7.33. The van der Waals surface area contributed by atoms with Crippen molar-refractivity contribution in [2.75, 3.05) is 12.4 Å². The van der Waals surface area contributed by atoms with Gasteiger partial charge in [-0.15, -0.1) is 0 Å². The van der Waals surface area contributed by atoms with E-state index in [1.54, 1.807) is 0 Å². The highest BCUT2D eigenvalue weighted by atomic mass is 16.1. The molecule has 0 spiro atoms. The Bertz CT molecular complexity index is 309. The molecule has 82 valence electrons. The van der Waals surface area contributed by atoms with Crippen molar-refractivity contribution in [3.63, 3.8) is 0 Å². The van der Waals surface area contributed by atoms with E-state index in [0.29, 0.717) is 0 Å². The molecular formula is C13H19NO. The highest BCUT2D eigenvalue weighted by Crippen LogP contribution is 2.26. The molecule has 0 amide bonds. The van der Waals surface area contributed by atoms with Crippen molar-refractivity contribution in [3.8, 4) is 0 Å². The van der Waals surface area contributed by atoms with E-state index in [2.05, 4.69) is 12.2 Å². The minimum absolute atomic E-state index is 0.0357. The molecule has 0 fully saturated rings. The smallest absolute Gasteiger partial charge is 0.127 e. The summed E-state index contributed by atoms with van der Waals surface area (Å²) >= 11 is 0. The van der Waals surface area contributed by atoms with Crippen molar-refractivity contribution in [2.45, 2.75) is 32.1 Å². The van der Waals surface area contributed by atoms with E-state index >= 15 is 0 Å². The molecule has 0 aromatic heterocycles. The molecule has 0 aliphatic rings. The minimum atomic E-state index is 0.0357. The average molecular weight is 205 g/mol. The van der Waals surface area contributed by atoms with Gasteiger partial charge < -0.3 is 10.1 Å². The lowest BCUT2D eigenvalue weighted by Crippen LogP contribution is -2.04. The summed E-state index contributed by atoms with van der Waals surface area (Å²) in [5.74, 6) is 0.0357. The predicted octanol–water partition coefficient (Wildman–Crippen LogP) is 3.20. The van der Waals surface area contributed by atoms with E-state index in [9.17, 15) is 4.79 Å². The molecule has 0 bridgehead atoms. The highest BCUT2D eigenvalue weighted by molar-refractivity contribution is 5.68. The number of para-hydroxylation sites is 1. The van der Waals surface area contributed by atoms with Crippen molar-refractivity contribution >= 4 is 12.0 Å². The van der Waals surface area contributed by atoms with Gasteiger partial charge in [0.05, 0.1) is 0 Å². The molecule has 2 heteroatoms. The number of carbonyl (C=O) groups excluding carboxylic acids is 1. The third-order valence-corrected chi connectivity index (χ3v) is 2.66. The fourth-order valence-corrected chi connectivity index (χ4v) is 1.77. The topological polar surface area (TPSA) is 29.1 Å². The Morgan fingerprint density at radius 2 is 2.13 bits per heavy atom. The van der Waals surface area contributed by atoms with Crippen LogP contribution in [-0.2, 0) is 4.79 Å². The van der Waals surface area contributed by atoms with Crippen LogP contribution >= 0.6 is 0 Å². The van der Waals surface area contributed by atoms with Gasteiger partial charge in [0.25, 0.3) is 0 Å². The number of rotatable bonds is 6. The van der Waals surface area contributed by atoms with Crippen LogP contribution in [-0.4, -0.2) is 13.3 Å². The van der Waals surface area contributed by atoms with Crippen molar-refractivity contribution in [1.82, 2.24) is 0 Å². The summed E-state index contributed by atoms with van der Waals surface area (Å²) in [6, 6.07) is 8.01. The van der Waals surface area contributed by atoms with E-state index in [-0.39, 0.29) is 5.92 Å². The second-order valence-corrected chi connectivity index (χ2v) is 3.72. The number of unbranched alkanes of at least 4 members (excludes halogenated alkanes) is 1. The lowest BCUT2D eigenvalue weighted by atomic mass is 9.93. The number of aldehydes is 1. The Hall–Kier alpha value is -1.31. The van der Waals surface area contributed by atoms with Gasteiger partial charge in [-0.05, 0) is 18.1 Å². The van der Waals surface area contributed by atoms with Crippen molar-refractivity contribution < 1.29 is 4.79 Å². The Morgan fingerprint density at radius 1 is 1.40 bits per heavy atom. The van der Waals surface area contributed by atoms with Crippen molar-refractivity contribution in [3.05, 3.63) is 29.8 Å². The van der Waals surface area contributed by atoms with Crippen LogP contribution in [0, 0.1) is 0 Å². The fraction of sp³-hybridized carbons (Fsp3) is 0.462. The number of hydrogen-bond acceptors (Lipinski definition) is 2.